The van der Waals surface area contributed by atoms with Crippen LogP contribution < -0.4 is 11.1 Å². The standard InChI is InChI=1S/C16H22N4/c1-2-3-8-19-15-6-4-12(9-14(15)17)16-7-5-13-10-18-11-20(13)16/h4,6,9-11,16,19H,2-3,5,7-8,17H2,1H3. The van der Waals surface area contributed by atoms with E-state index in [1.807, 2.05) is 12.5 Å². The van der Waals surface area contributed by atoms with E-state index in [0.29, 0.717) is 6.04 Å². The van der Waals surface area contributed by atoms with Crippen molar-refractivity contribution in [2.45, 2.75) is 38.6 Å². The number of rotatable bonds is 5. The first-order valence-corrected chi connectivity index (χ1v) is 7.43. The van der Waals surface area contributed by atoms with Crippen LogP contribution in [0.25, 0.3) is 0 Å². The van der Waals surface area contributed by atoms with Crippen molar-refractivity contribution in [3.05, 3.63) is 42.0 Å². The average Bonchev–Trinajstić information content (AvgIpc) is 3.03. The number of nitrogens with zero attached hydrogens (tertiary/aromatic N) is 2. The van der Waals surface area contributed by atoms with Gasteiger partial charge in [0.05, 0.1) is 23.7 Å². The van der Waals surface area contributed by atoms with Crippen LogP contribution in [-0.2, 0) is 6.42 Å². The highest BCUT2D eigenvalue weighted by Crippen LogP contribution is 2.33. The van der Waals surface area contributed by atoms with Crippen molar-refractivity contribution in [2.24, 2.45) is 0 Å². The minimum Gasteiger partial charge on any atom is -0.397 e. The van der Waals surface area contributed by atoms with E-state index in [9.17, 15) is 0 Å². The van der Waals surface area contributed by atoms with Gasteiger partial charge in [0, 0.05) is 18.4 Å². The molecule has 0 fully saturated rings. The van der Waals surface area contributed by atoms with E-state index in [1.54, 1.807) is 0 Å². The monoisotopic (exact) mass is 270 g/mol. The van der Waals surface area contributed by atoms with E-state index in [1.165, 1.54) is 24.1 Å². The van der Waals surface area contributed by atoms with Gasteiger partial charge in [0.2, 0.25) is 0 Å². The average molecular weight is 270 g/mol. The lowest BCUT2D eigenvalue weighted by Crippen LogP contribution is -2.07. The minimum atomic E-state index is 0.388. The fourth-order valence-corrected chi connectivity index (χ4v) is 2.91. The fraction of sp³-hybridized carbons (Fsp3) is 0.438. The van der Waals surface area contributed by atoms with E-state index >= 15 is 0 Å². The molecule has 3 rings (SSSR count). The molecule has 0 radical (unpaired) electrons. The van der Waals surface area contributed by atoms with Crippen LogP contribution >= 0.6 is 0 Å². The third-order valence-electron chi connectivity index (χ3n) is 4.06. The topological polar surface area (TPSA) is 55.9 Å². The predicted octanol–water partition coefficient (Wildman–Crippen LogP) is 3.21. The number of nitrogens with two attached hydrogens (primary N) is 1. The number of nitrogen functional groups attached to an aromatic ring is 1. The Labute approximate surface area is 120 Å². The van der Waals surface area contributed by atoms with Crippen molar-refractivity contribution in [1.29, 1.82) is 0 Å². The summed E-state index contributed by atoms with van der Waals surface area (Å²) in [6.07, 6.45) is 8.49. The van der Waals surface area contributed by atoms with Crippen LogP contribution in [0.2, 0.25) is 0 Å². The van der Waals surface area contributed by atoms with Gasteiger partial charge in [0.1, 0.15) is 0 Å². The predicted molar refractivity (Wildman–Crippen MR) is 82.9 cm³/mol. The van der Waals surface area contributed by atoms with Crippen LogP contribution in [-0.4, -0.2) is 16.1 Å². The Morgan fingerprint density at radius 1 is 1.45 bits per heavy atom. The Kier molecular flexibility index (Phi) is 3.63. The van der Waals surface area contributed by atoms with Crippen LogP contribution in [0.1, 0.15) is 43.5 Å². The third-order valence-corrected chi connectivity index (χ3v) is 4.06. The molecule has 0 saturated heterocycles. The number of unbranched alkanes of at least 4 members (excludes halogenated alkanes) is 1. The van der Waals surface area contributed by atoms with Gasteiger partial charge in [0.25, 0.3) is 0 Å². The Balaban J connectivity index is 1.78. The summed E-state index contributed by atoms with van der Waals surface area (Å²) in [6.45, 7) is 3.17. The normalized spacial score (nSPS) is 17.1. The molecule has 3 N–H and O–H groups in total. The Bertz CT molecular complexity index is 588. The van der Waals surface area contributed by atoms with Crippen molar-refractivity contribution < 1.29 is 0 Å². The van der Waals surface area contributed by atoms with Crippen molar-refractivity contribution in [1.82, 2.24) is 9.55 Å². The minimum absolute atomic E-state index is 0.388. The highest BCUT2D eigenvalue weighted by Gasteiger charge is 2.23. The lowest BCUT2D eigenvalue weighted by atomic mass is 10.0. The Hall–Kier alpha value is -1.97. The molecule has 1 atom stereocenters. The number of aromatic nitrogens is 2. The molecule has 4 heteroatoms. The molecule has 0 bridgehead atoms. The van der Waals surface area contributed by atoms with Crippen molar-refractivity contribution in [3.63, 3.8) is 0 Å². The summed E-state index contributed by atoms with van der Waals surface area (Å²) in [7, 11) is 0. The lowest BCUT2D eigenvalue weighted by molar-refractivity contribution is 0.616. The SMILES string of the molecule is CCCCNc1ccc(C2CCc3cncn32)cc1N. The molecule has 106 valence electrons. The molecule has 0 spiro atoms. The number of nitrogens with one attached hydrogen (secondary N) is 1. The van der Waals surface area contributed by atoms with Gasteiger partial charge in [-0.2, -0.15) is 0 Å². The maximum absolute atomic E-state index is 6.18. The van der Waals surface area contributed by atoms with Gasteiger partial charge in [-0.05, 0) is 37.0 Å². The third kappa shape index (κ3) is 2.38. The zero-order valence-electron chi connectivity index (χ0n) is 12.0. The summed E-state index contributed by atoms with van der Waals surface area (Å²) in [5.74, 6) is 0. The summed E-state index contributed by atoms with van der Waals surface area (Å²) in [5.41, 5.74) is 10.7. The van der Waals surface area contributed by atoms with Crippen molar-refractivity contribution in [3.8, 4) is 0 Å². The number of benzene rings is 1. The summed E-state index contributed by atoms with van der Waals surface area (Å²) in [6, 6.07) is 6.78. The van der Waals surface area contributed by atoms with E-state index in [-0.39, 0.29) is 0 Å². The maximum Gasteiger partial charge on any atom is 0.0953 e. The van der Waals surface area contributed by atoms with Crippen LogP contribution in [0, 0.1) is 0 Å². The van der Waals surface area contributed by atoms with Crippen LogP contribution in [0.5, 0.6) is 0 Å². The highest BCUT2D eigenvalue weighted by atomic mass is 15.1. The van der Waals surface area contributed by atoms with Crippen LogP contribution in [0.15, 0.2) is 30.7 Å². The largest absolute Gasteiger partial charge is 0.397 e. The Morgan fingerprint density at radius 2 is 2.35 bits per heavy atom. The second-order valence-corrected chi connectivity index (χ2v) is 5.47. The van der Waals surface area contributed by atoms with Crippen LogP contribution in [0.4, 0.5) is 11.4 Å². The first-order chi connectivity index (χ1) is 9.79. The van der Waals surface area contributed by atoms with Gasteiger partial charge in [-0.3, -0.25) is 0 Å². The smallest absolute Gasteiger partial charge is 0.0953 e. The molecule has 1 aliphatic heterocycles. The number of fused-ring (bicyclic) bond motifs is 1. The zero-order valence-corrected chi connectivity index (χ0v) is 12.0. The van der Waals surface area contributed by atoms with E-state index in [0.717, 1.165) is 30.8 Å². The summed E-state index contributed by atoms with van der Waals surface area (Å²) in [4.78, 5) is 4.23. The van der Waals surface area contributed by atoms with E-state index in [4.69, 9.17) is 5.73 Å². The molecular weight excluding hydrogens is 248 g/mol. The molecule has 2 heterocycles. The second-order valence-electron chi connectivity index (χ2n) is 5.47. The number of hydrogen-bond acceptors (Lipinski definition) is 3. The van der Waals surface area contributed by atoms with Crippen LogP contribution in [0.3, 0.4) is 0 Å². The molecule has 1 aromatic heterocycles. The van der Waals surface area contributed by atoms with E-state index < -0.39 is 0 Å². The summed E-state index contributed by atoms with van der Waals surface area (Å²) >= 11 is 0. The number of anilines is 2. The molecule has 0 aliphatic carbocycles. The summed E-state index contributed by atoms with van der Waals surface area (Å²) < 4.78 is 2.26. The van der Waals surface area contributed by atoms with Gasteiger partial charge >= 0.3 is 0 Å². The zero-order chi connectivity index (χ0) is 13.9. The molecule has 4 nitrogen and oxygen atoms in total. The second kappa shape index (κ2) is 5.57. The molecule has 1 aliphatic rings. The first-order valence-electron chi connectivity index (χ1n) is 7.43. The molecule has 0 saturated carbocycles. The number of hydrogen-bond donors (Lipinski definition) is 2. The number of aryl methyl sites for hydroxylation is 1. The molecule has 2 aromatic rings. The molecule has 0 amide bonds. The first kappa shape index (κ1) is 13.0. The van der Waals surface area contributed by atoms with E-state index in [2.05, 4.69) is 40.0 Å². The quantitative estimate of drug-likeness (QED) is 0.648. The van der Waals surface area contributed by atoms with Crippen molar-refractivity contribution >= 4 is 11.4 Å². The van der Waals surface area contributed by atoms with Gasteiger partial charge in [0.15, 0.2) is 0 Å². The molecular formula is C16H22N4. The fourth-order valence-electron chi connectivity index (χ4n) is 2.91. The maximum atomic E-state index is 6.18. The van der Waals surface area contributed by atoms with Gasteiger partial charge in [-0.1, -0.05) is 19.4 Å². The van der Waals surface area contributed by atoms with Gasteiger partial charge < -0.3 is 15.6 Å². The molecule has 1 unspecified atom stereocenters. The van der Waals surface area contributed by atoms with Crippen molar-refractivity contribution in [2.75, 3.05) is 17.6 Å². The number of imidazole rings is 1. The highest BCUT2D eigenvalue weighted by molar-refractivity contribution is 5.67. The Morgan fingerprint density at radius 3 is 3.15 bits per heavy atom. The molecule has 20 heavy (non-hydrogen) atoms. The summed E-state index contributed by atoms with van der Waals surface area (Å²) in [5, 5.41) is 3.40. The van der Waals surface area contributed by atoms with Gasteiger partial charge in [-0.25, -0.2) is 4.98 Å². The van der Waals surface area contributed by atoms with Gasteiger partial charge in [-0.15, -0.1) is 0 Å². The molecule has 1 aromatic carbocycles. The lowest BCUT2D eigenvalue weighted by Gasteiger charge is -2.16.